The maximum atomic E-state index is 11.6. The molecule has 1 rings (SSSR count). The van der Waals surface area contributed by atoms with Crippen LogP contribution in [-0.4, -0.2) is 26.3 Å². The van der Waals surface area contributed by atoms with E-state index in [1.807, 2.05) is 31.2 Å². The minimum Gasteiger partial charge on any atom is -0.349 e. The number of hydrogen-bond acceptors (Lipinski definition) is 3. The Morgan fingerprint density at radius 1 is 1.25 bits per heavy atom. The summed E-state index contributed by atoms with van der Waals surface area (Å²) in [7, 11) is 2.88. The topological polar surface area (TPSA) is 35.5 Å². The average Bonchev–Trinajstić information content (AvgIpc) is 2.29. The molecule has 0 saturated carbocycles. The number of ether oxygens (including phenoxy) is 2. The molecule has 0 atom stereocenters. The first-order valence-corrected chi connectivity index (χ1v) is 5.02. The van der Waals surface area contributed by atoms with Crippen molar-refractivity contribution in [3.05, 3.63) is 41.5 Å². The Balaban J connectivity index is 2.74. The zero-order valence-electron chi connectivity index (χ0n) is 9.77. The van der Waals surface area contributed by atoms with Crippen LogP contribution in [0.15, 0.2) is 30.3 Å². The van der Waals surface area contributed by atoms with E-state index in [4.69, 9.17) is 9.47 Å². The van der Waals surface area contributed by atoms with Crippen molar-refractivity contribution in [1.29, 1.82) is 0 Å². The van der Waals surface area contributed by atoms with Gasteiger partial charge in [0.2, 0.25) is 12.1 Å². The molecule has 0 fully saturated rings. The maximum absolute atomic E-state index is 11.6. The minimum atomic E-state index is -0.819. The number of benzene rings is 1. The van der Waals surface area contributed by atoms with E-state index in [1.165, 1.54) is 20.3 Å². The lowest BCUT2D eigenvalue weighted by Crippen LogP contribution is -2.22. The van der Waals surface area contributed by atoms with Crippen molar-refractivity contribution in [3.8, 4) is 0 Å². The van der Waals surface area contributed by atoms with Gasteiger partial charge in [-0.05, 0) is 24.1 Å². The van der Waals surface area contributed by atoms with E-state index in [0.717, 1.165) is 11.1 Å². The molecule has 0 saturated heterocycles. The predicted octanol–water partition coefficient (Wildman–Crippen LogP) is 2.20. The molecule has 0 aliphatic rings. The zero-order valence-corrected chi connectivity index (χ0v) is 9.77. The summed E-state index contributed by atoms with van der Waals surface area (Å²) >= 11 is 0. The summed E-state index contributed by atoms with van der Waals surface area (Å²) in [6.45, 7) is 1.99. The summed E-state index contributed by atoms with van der Waals surface area (Å²) in [5.41, 5.74) is 2.14. The van der Waals surface area contributed by atoms with E-state index >= 15 is 0 Å². The Bertz CT molecular complexity index is 379. The normalized spacial score (nSPS) is 11.2. The van der Waals surface area contributed by atoms with Gasteiger partial charge in [-0.1, -0.05) is 30.3 Å². The van der Waals surface area contributed by atoms with Crippen molar-refractivity contribution < 1.29 is 14.3 Å². The molecule has 1 aromatic rings. The molecule has 0 amide bonds. The van der Waals surface area contributed by atoms with Crippen molar-refractivity contribution in [1.82, 2.24) is 0 Å². The summed E-state index contributed by atoms with van der Waals surface area (Å²) < 4.78 is 9.71. The number of methoxy groups -OCH3 is 2. The number of hydrogen-bond donors (Lipinski definition) is 0. The van der Waals surface area contributed by atoms with Gasteiger partial charge in [0.05, 0.1) is 0 Å². The Kier molecular flexibility index (Phi) is 4.89. The lowest BCUT2D eigenvalue weighted by atomic mass is 10.1. The molecular weight excluding hydrogens is 204 g/mol. The number of carbonyl (C=O) groups is 1. The highest BCUT2D eigenvalue weighted by Crippen LogP contribution is 2.09. The molecule has 16 heavy (non-hydrogen) atoms. The van der Waals surface area contributed by atoms with Crippen LogP contribution in [0.5, 0.6) is 0 Å². The Morgan fingerprint density at radius 2 is 1.88 bits per heavy atom. The van der Waals surface area contributed by atoms with Gasteiger partial charge in [0.25, 0.3) is 0 Å². The maximum Gasteiger partial charge on any atom is 0.221 e. The second kappa shape index (κ2) is 6.20. The molecule has 1 aromatic carbocycles. The Labute approximate surface area is 95.7 Å². The van der Waals surface area contributed by atoms with Gasteiger partial charge in [0.1, 0.15) is 0 Å². The van der Waals surface area contributed by atoms with Gasteiger partial charge >= 0.3 is 0 Å². The summed E-state index contributed by atoms with van der Waals surface area (Å²) in [6, 6.07) is 7.84. The van der Waals surface area contributed by atoms with Crippen LogP contribution in [0, 0.1) is 6.92 Å². The summed E-state index contributed by atoms with van der Waals surface area (Å²) in [6.07, 6.45) is 2.42. The number of ketones is 1. The zero-order chi connectivity index (χ0) is 12.0. The summed E-state index contributed by atoms with van der Waals surface area (Å²) in [5, 5.41) is 0. The van der Waals surface area contributed by atoms with Crippen LogP contribution in [0.3, 0.4) is 0 Å². The van der Waals surface area contributed by atoms with Crippen molar-refractivity contribution in [3.63, 3.8) is 0 Å². The van der Waals surface area contributed by atoms with Gasteiger partial charge in [-0.25, -0.2) is 0 Å². The first-order chi connectivity index (χ1) is 7.69. The number of carbonyl (C=O) groups excluding carboxylic acids is 1. The van der Waals surface area contributed by atoms with Crippen molar-refractivity contribution in [2.24, 2.45) is 0 Å². The van der Waals surface area contributed by atoms with Gasteiger partial charge in [0.15, 0.2) is 0 Å². The standard InChI is InChI=1S/C13H16O3/c1-10-6-4-5-7-11(10)8-9-12(14)13(15-2)16-3/h4-9,13H,1-3H3/b9-8+. The second-order valence-corrected chi connectivity index (χ2v) is 3.40. The Hall–Kier alpha value is -1.45. The van der Waals surface area contributed by atoms with Gasteiger partial charge in [0, 0.05) is 14.2 Å². The minimum absolute atomic E-state index is 0.201. The third-order valence-corrected chi connectivity index (χ3v) is 2.28. The monoisotopic (exact) mass is 220 g/mol. The molecule has 0 radical (unpaired) electrons. The van der Waals surface area contributed by atoms with Crippen LogP contribution in [0.25, 0.3) is 6.08 Å². The van der Waals surface area contributed by atoms with Crippen molar-refractivity contribution in [2.75, 3.05) is 14.2 Å². The lowest BCUT2D eigenvalue weighted by molar-refractivity contribution is -0.151. The van der Waals surface area contributed by atoms with Crippen LogP contribution in [0.4, 0.5) is 0 Å². The fourth-order valence-corrected chi connectivity index (χ4v) is 1.35. The van der Waals surface area contributed by atoms with Crippen molar-refractivity contribution in [2.45, 2.75) is 13.2 Å². The third-order valence-electron chi connectivity index (χ3n) is 2.28. The van der Waals surface area contributed by atoms with Crippen LogP contribution in [0.1, 0.15) is 11.1 Å². The van der Waals surface area contributed by atoms with Gasteiger partial charge in [-0.2, -0.15) is 0 Å². The summed E-state index contributed by atoms with van der Waals surface area (Å²) in [4.78, 5) is 11.6. The highest BCUT2D eigenvalue weighted by atomic mass is 16.7. The molecule has 0 aromatic heterocycles. The molecule has 86 valence electrons. The fourth-order valence-electron chi connectivity index (χ4n) is 1.35. The largest absolute Gasteiger partial charge is 0.349 e. The van der Waals surface area contributed by atoms with Crippen molar-refractivity contribution >= 4 is 11.9 Å². The third kappa shape index (κ3) is 3.29. The van der Waals surface area contributed by atoms with Gasteiger partial charge < -0.3 is 9.47 Å². The molecule has 0 N–H and O–H groups in total. The first-order valence-electron chi connectivity index (χ1n) is 5.02. The molecule has 3 heteroatoms. The quantitative estimate of drug-likeness (QED) is 0.563. The van der Waals surface area contributed by atoms with E-state index in [-0.39, 0.29) is 5.78 Å². The first kappa shape index (κ1) is 12.6. The van der Waals surface area contributed by atoms with Gasteiger partial charge in [-0.15, -0.1) is 0 Å². The lowest BCUT2D eigenvalue weighted by Gasteiger charge is -2.08. The number of aryl methyl sites for hydroxylation is 1. The average molecular weight is 220 g/mol. The van der Waals surface area contributed by atoms with E-state index in [0.29, 0.717) is 0 Å². The summed E-state index contributed by atoms with van der Waals surface area (Å²) in [5.74, 6) is -0.201. The highest BCUT2D eigenvalue weighted by Gasteiger charge is 2.12. The molecule has 3 nitrogen and oxygen atoms in total. The van der Waals surface area contributed by atoms with E-state index in [1.54, 1.807) is 6.08 Å². The smallest absolute Gasteiger partial charge is 0.221 e. The molecule has 0 unspecified atom stereocenters. The van der Waals surface area contributed by atoms with Crippen LogP contribution in [-0.2, 0) is 14.3 Å². The molecule has 0 bridgehead atoms. The van der Waals surface area contributed by atoms with Gasteiger partial charge in [-0.3, -0.25) is 4.79 Å². The van der Waals surface area contributed by atoms with E-state index in [2.05, 4.69) is 0 Å². The second-order valence-electron chi connectivity index (χ2n) is 3.40. The van der Waals surface area contributed by atoms with Crippen LogP contribution >= 0.6 is 0 Å². The SMILES string of the molecule is COC(OC)C(=O)/C=C/c1ccccc1C. The van der Waals surface area contributed by atoms with E-state index in [9.17, 15) is 4.79 Å². The fraction of sp³-hybridized carbons (Fsp3) is 0.308. The molecule has 0 heterocycles. The van der Waals surface area contributed by atoms with Crippen LogP contribution in [0.2, 0.25) is 0 Å². The van der Waals surface area contributed by atoms with E-state index < -0.39 is 6.29 Å². The number of rotatable bonds is 5. The Morgan fingerprint density at radius 3 is 2.44 bits per heavy atom. The molecule has 0 aliphatic carbocycles. The highest BCUT2D eigenvalue weighted by molar-refractivity contribution is 5.96. The predicted molar refractivity (Wildman–Crippen MR) is 63.0 cm³/mol. The molecule has 0 spiro atoms. The molecular formula is C13H16O3. The van der Waals surface area contributed by atoms with Crippen LogP contribution < -0.4 is 0 Å². The molecule has 0 aliphatic heterocycles.